The van der Waals surface area contributed by atoms with Gasteiger partial charge >= 0.3 is 0 Å². The molecule has 6 heteroatoms. The second-order valence-corrected chi connectivity index (χ2v) is 5.88. The number of nitrogens with one attached hydrogen (secondary N) is 2. The van der Waals surface area contributed by atoms with Gasteiger partial charge in [0.1, 0.15) is 0 Å². The van der Waals surface area contributed by atoms with Crippen molar-refractivity contribution in [1.29, 1.82) is 5.26 Å². The molecule has 5 nitrogen and oxygen atoms in total. The first-order valence-electron chi connectivity index (χ1n) is 5.74. The maximum Gasteiger partial charge on any atom is 0.211 e. The number of hydrogen-bond donors (Lipinski definition) is 2. The van der Waals surface area contributed by atoms with E-state index in [1.165, 1.54) is 0 Å². The summed E-state index contributed by atoms with van der Waals surface area (Å²) in [4.78, 5) is 0. The largest absolute Gasteiger partial charge is 0.311 e. The molecule has 0 aliphatic heterocycles. The van der Waals surface area contributed by atoms with E-state index in [-0.39, 0.29) is 5.75 Å². The van der Waals surface area contributed by atoms with Crippen molar-refractivity contribution in [3.05, 3.63) is 35.4 Å². The van der Waals surface area contributed by atoms with Crippen LogP contribution < -0.4 is 10.0 Å². The van der Waals surface area contributed by atoms with E-state index in [0.29, 0.717) is 25.2 Å². The lowest BCUT2D eigenvalue weighted by molar-refractivity contribution is 0.577. The fourth-order valence-electron chi connectivity index (χ4n) is 1.38. The zero-order valence-electron chi connectivity index (χ0n) is 10.3. The highest BCUT2D eigenvalue weighted by Gasteiger charge is 2.03. The molecule has 1 aromatic carbocycles. The van der Waals surface area contributed by atoms with Crippen LogP contribution in [0.25, 0.3) is 0 Å². The Morgan fingerprint density at radius 3 is 2.78 bits per heavy atom. The van der Waals surface area contributed by atoms with Crippen molar-refractivity contribution in [3.63, 3.8) is 0 Å². The molecule has 1 aromatic rings. The van der Waals surface area contributed by atoms with E-state index in [1.807, 2.05) is 18.2 Å². The Kier molecular flexibility index (Phi) is 5.78. The molecule has 0 radical (unpaired) electrons. The number of benzene rings is 1. The van der Waals surface area contributed by atoms with Crippen LogP contribution in [0.3, 0.4) is 0 Å². The van der Waals surface area contributed by atoms with E-state index < -0.39 is 10.0 Å². The molecule has 0 aliphatic rings. The van der Waals surface area contributed by atoms with E-state index >= 15 is 0 Å². The number of hydrogen-bond acceptors (Lipinski definition) is 4. The summed E-state index contributed by atoms with van der Waals surface area (Å²) in [5, 5.41) is 11.9. The number of nitrogens with zero attached hydrogens (tertiary/aromatic N) is 1. The molecule has 0 fully saturated rings. The summed E-state index contributed by atoms with van der Waals surface area (Å²) in [5.41, 5.74) is 1.63. The topological polar surface area (TPSA) is 82.0 Å². The Balaban J connectivity index is 2.28. The van der Waals surface area contributed by atoms with Gasteiger partial charge in [0.25, 0.3) is 0 Å². The maximum absolute atomic E-state index is 11.1. The van der Waals surface area contributed by atoms with Crippen LogP contribution in [0.2, 0.25) is 0 Å². The van der Waals surface area contributed by atoms with Gasteiger partial charge in [0.2, 0.25) is 10.0 Å². The molecular formula is C12H17N3O2S. The molecule has 0 atom stereocenters. The summed E-state index contributed by atoms with van der Waals surface area (Å²) in [7, 11) is -3.11. The second kappa shape index (κ2) is 7.11. The first-order valence-corrected chi connectivity index (χ1v) is 7.39. The maximum atomic E-state index is 11.1. The first-order chi connectivity index (χ1) is 8.57. The minimum absolute atomic E-state index is 0.0945. The number of sulfonamides is 1. The van der Waals surface area contributed by atoms with Crippen LogP contribution in [0, 0.1) is 11.3 Å². The van der Waals surface area contributed by atoms with Gasteiger partial charge in [-0.25, -0.2) is 13.1 Å². The third-order valence-electron chi connectivity index (χ3n) is 2.39. The van der Waals surface area contributed by atoms with E-state index in [1.54, 1.807) is 13.0 Å². The molecule has 0 spiro atoms. The summed E-state index contributed by atoms with van der Waals surface area (Å²) >= 11 is 0. The Bertz CT molecular complexity index is 520. The Hall–Kier alpha value is -1.42. The van der Waals surface area contributed by atoms with Crippen molar-refractivity contribution < 1.29 is 8.42 Å². The van der Waals surface area contributed by atoms with Gasteiger partial charge in [-0.05, 0) is 24.6 Å². The average molecular weight is 267 g/mol. The lowest BCUT2D eigenvalue weighted by Crippen LogP contribution is -2.32. The summed E-state index contributed by atoms with van der Waals surface area (Å²) in [6.45, 7) is 3.14. The molecule has 0 unspecified atom stereocenters. The third kappa shape index (κ3) is 5.27. The van der Waals surface area contributed by atoms with Gasteiger partial charge in [-0.2, -0.15) is 5.26 Å². The summed E-state index contributed by atoms with van der Waals surface area (Å²) < 4.78 is 24.8. The quantitative estimate of drug-likeness (QED) is 0.708. The highest BCUT2D eigenvalue weighted by atomic mass is 32.2. The molecule has 2 N–H and O–H groups in total. The van der Waals surface area contributed by atoms with Crippen molar-refractivity contribution in [2.24, 2.45) is 0 Å². The highest BCUT2D eigenvalue weighted by Crippen LogP contribution is 2.03. The molecule has 0 aromatic heterocycles. The van der Waals surface area contributed by atoms with Crippen LogP contribution >= 0.6 is 0 Å². The number of nitriles is 1. The molecule has 1 rings (SSSR count). The van der Waals surface area contributed by atoms with Gasteiger partial charge in [-0.1, -0.05) is 12.1 Å². The van der Waals surface area contributed by atoms with Crippen LogP contribution in [0.5, 0.6) is 0 Å². The SMILES string of the molecule is CCS(=O)(=O)NCCNCc1cccc(C#N)c1. The molecule has 0 heterocycles. The van der Waals surface area contributed by atoms with Crippen molar-refractivity contribution in [2.45, 2.75) is 13.5 Å². The summed E-state index contributed by atoms with van der Waals surface area (Å²) in [5.74, 6) is 0.0945. The highest BCUT2D eigenvalue weighted by molar-refractivity contribution is 7.89. The van der Waals surface area contributed by atoms with Gasteiger partial charge in [0.15, 0.2) is 0 Å². The van der Waals surface area contributed by atoms with Gasteiger partial charge in [-0.3, -0.25) is 0 Å². The Morgan fingerprint density at radius 1 is 1.33 bits per heavy atom. The van der Waals surface area contributed by atoms with E-state index in [9.17, 15) is 8.42 Å². The third-order valence-corrected chi connectivity index (χ3v) is 3.79. The van der Waals surface area contributed by atoms with Crippen LogP contribution in [0.1, 0.15) is 18.1 Å². The van der Waals surface area contributed by atoms with Crippen LogP contribution in [0.15, 0.2) is 24.3 Å². The monoisotopic (exact) mass is 267 g/mol. The lowest BCUT2D eigenvalue weighted by Gasteiger charge is -2.06. The summed E-state index contributed by atoms with van der Waals surface area (Å²) in [6, 6.07) is 9.38. The Labute approximate surface area is 108 Å². The average Bonchev–Trinajstić information content (AvgIpc) is 2.38. The molecule has 0 saturated heterocycles. The van der Waals surface area contributed by atoms with Gasteiger partial charge in [0.05, 0.1) is 17.4 Å². The zero-order valence-corrected chi connectivity index (χ0v) is 11.1. The van der Waals surface area contributed by atoms with Crippen molar-refractivity contribution in [3.8, 4) is 6.07 Å². The zero-order chi connectivity index (χ0) is 13.4. The van der Waals surface area contributed by atoms with E-state index in [2.05, 4.69) is 16.1 Å². The normalized spacial score (nSPS) is 11.1. The summed E-state index contributed by atoms with van der Waals surface area (Å²) in [6.07, 6.45) is 0. The minimum Gasteiger partial charge on any atom is -0.311 e. The van der Waals surface area contributed by atoms with Crippen LogP contribution in [0.4, 0.5) is 0 Å². The molecule has 18 heavy (non-hydrogen) atoms. The molecule has 0 aliphatic carbocycles. The molecular weight excluding hydrogens is 250 g/mol. The predicted octanol–water partition coefficient (Wildman–Crippen LogP) is 0.587. The van der Waals surface area contributed by atoms with Crippen molar-refractivity contribution >= 4 is 10.0 Å². The smallest absolute Gasteiger partial charge is 0.211 e. The molecule has 0 amide bonds. The van der Waals surface area contributed by atoms with Gasteiger partial charge < -0.3 is 5.32 Å². The van der Waals surface area contributed by atoms with E-state index in [0.717, 1.165) is 5.56 Å². The second-order valence-electron chi connectivity index (χ2n) is 3.79. The fraction of sp³-hybridized carbons (Fsp3) is 0.417. The standard InChI is InChI=1S/C12H17N3O2S/c1-2-18(16,17)15-7-6-14-10-12-5-3-4-11(8-12)9-13/h3-5,8,14-15H,2,6-7,10H2,1H3. The Morgan fingerprint density at radius 2 is 2.11 bits per heavy atom. The first kappa shape index (κ1) is 14.6. The fourth-order valence-corrected chi connectivity index (χ4v) is 2.00. The predicted molar refractivity (Wildman–Crippen MR) is 70.3 cm³/mol. The minimum atomic E-state index is -3.11. The molecule has 98 valence electrons. The lowest BCUT2D eigenvalue weighted by atomic mass is 10.1. The number of rotatable bonds is 7. The van der Waals surface area contributed by atoms with E-state index in [4.69, 9.17) is 5.26 Å². The van der Waals surface area contributed by atoms with Crippen molar-refractivity contribution in [2.75, 3.05) is 18.8 Å². The van der Waals surface area contributed by atoms with Gasteiger partial charge in [-0.15, -0.1) is 0 Å². The van der Waals surface area contributed by atoms with Crippen molar-refractivity contribution in [1.82, 2.24) is 10.0 Å². The molecule has 0 saturated carbocycles. The van der Waals surface area contributed by atoms with Crippen LogP contribution in [-0.2, 0) is 16.6 Å². The molecule has 0 bridgehead atoms. The van der Waals surface area contributed by atoms with Crippen LogP contribution in [-0.4, -0.2) is 27.3 Å². The van der Waals surface area contributed by atoms with Gasteiger partial charge in [0, 0.05) is 19.6 Å².